The van der Waals surface area contributed by atoms with Crippen LogP contribution in [0.25, 0.3) is 0 Å². The molecule has 0 spiro atoms. The summed E-state index contributed by atoms with van der Waals surface area (Å²) in [5.74, 6) is -1.24. The number of hydrogen-bond acceptors (Lipinski definition) is 3. The van der Waals surface area contributed by atoms with Gasteiger partial charge >= 0.3 is 5.97 Å². The van der Waals surface area contributed by atoms with Crippen molar-refractivity contribution in [3.63, 3.8) is 0 Å². The topological polar surface area (TPSA) is 79.3 Å². The number of pyridine rings is 1. The summed E-state index contributed by atoms with van der Waals surface area (Å²) >= 11 is 0. The van der Waals surface area contributed by atoms with Crippen LogP contribution >= 0.6 is 0 Å². The van der Waals surface area contributed by atoms with Crippen molar-refractivity contribution in [2.75, 3.05) is 6.54 Å². The summed E-state index contributed by atoms with van der Waals surface area (Å²) in [4.78, 5) is 26.6. The molecular weight excluding hydrogens is 256 g/mol. The molecule has 0 bridgehead atoms. The van der Waals surface area contributed by atoms with Gasteiger partial charge in [0.2, 0.25) is 0 Å². The average Bonchev–Trinajstić information content (AvgIpc) is 2.34. The highest BCUT2D eigenvalue weighted by Gasteiger charge is 2.16. The maximum absolute atomic E-state index is 11.9. The summed E-state index contributed by atoms with van der Waals surface area (Å²) in [7, 11) is 0. The second kappa shape index (κ2) is 6.50. The van der Waals surface area contributed by atoms with E-state index in [1.165, 1.54) is 0 Å². The molecule has 0 fully saturated rings. The zero-order chi connectivity index (χ0) is 15.3. The molecule has 5 nitrogen and oxygen atoms in total. The SMILES string of the molecule is CC(CNC(=O)c1ccc(C(C)(C)C)cn1)CC(=O)O. The van der Waals surface area contributed by atoms with Gasteiger partial charge in [0, 0.05) is 19.2 Å². The van der Waals surface area contributed by atoms with Crippen LogP contribution in [0.4, 0.5) is 0 Å². The molecule has 20 heavy (non-hydrogen) atoms. The van der Waals surface area contributed by atoms with Gasteiger partial charge in [-0.1, -0.05) is 33.8 Å². The van der Waals surface area contributed by atoms with E-state index in [1.54, 1.807) is 19.2 Å². The van der Waals surface area contributed by atoms with Crippen molar-refractivity contribution in [3.8, 4) is 0 Å². The van der Waals surface area contributed by atoms with Crippen LogP contribution in [0.2, 0.25) is 0 Å². The Morgan fingerprint density at radius 1 is 1.35 bits per heavy atom. The van der Waals surface area contributed by atoms with E-state index < -0.39 is 5.97 Å². The van der Waals surface area contributed by atoms with Crippen molar-refractivity contribution in [1.29, 1.82) is 0 Å². The first-order valence-electron chi connectivity index (χ1n) is 6.66. The highest BCUT2D eigenvalue weighted by Crippen LogP contribution is 2.20. The molecule has 0 aromatic carbocycles. The molecule has 1 heterocycles. The van der Waals surface area contributed by atoms with Crippen molar-refractivity contribution in [2.45, 2.75) is 39.5 Å². The minimum atomic E-state index is -0.862. The van der Waals surface area contributed by atoms with Crippen LogP contribution in [0.1, 0.15) is 50.2 Å². The zero-order valence-corrected chi connectivity index (χ0v) is 12.4. The minimum absolute atomic E-state index is 0.00198. The number of hydrogen-bond donors (Lipinski definition) is 2. The minimum Gasteiger partial charge on any atom is -0.481 e. The summed E-state index contributed by atoms with van der Waals surface area (Å²) in [6, 6.07) is 3.58. The molecule has 110 valence electrons. The standard InChI is InChI=1S/C15H22N2O3/c1-10(7-13(18)19)8-17-14(20)12-6-5-11(9-16-12)15(2,3)4/h5-6,9-10H,7-8H2,1-4H3,(H,17,20)(H,18,19). The molecular formula is C15H22N2O3. The number of aliphatic carboxylic acids is 1. The van der Waals surface area contributed by atoms with Gasteiger partial charge in [-0.05, 0) is 23.0 Å². The quantitative estimate of drug-likeness (QED) is 0.865. The second-order valence-corrected chi connectivity index (χ2v) is 6.10. The molecule has 1 aromatic rings. The van der Waals surface area contributed by atoms with Gasteiger partial charge in [-0.3, -0.25) is 14.6 Å². The van der Waals surface area contributed by atoms with Crippen molar-refractivity contribution in [3.05, 3.63) is 29.6 Å². The van der Waals surface area contributed by atoms with E-state index in [0.29, 0.717) is 12.2 Å². The lowest BCUT2D eigenvalue weighted by Crippen LogP contribution is -2.30. The van der Waals surface area contributed by atoms with E-state index in [-0.39, 0.29) is 23.7 Å². The zero-order valence-electron chi connectivity index (χ0n) is 12.4. The van der Waals surface area contributed by atoms with Crippen LogP contribution in [-0.4, -0.2) is 28.5 Å². The van der Waals surface area contributed by atoms with E-state index in [9.17, 15) is 9.59 Å². The fraction of sp³-hybridized carbons (Fsp3) is 0.533. The van der Waals surface area contributed by atoms with Crippen molar-refractivity contribution in [1.82, 2.24) is 10.3 Å². The van der Waals surface area contributed by atoms with Crippen LogP contribution in [-0.2, 0) is 10.2 Å². The number of nitrogens with zero attached hydrogens (tertiary/aromatic N) is 1. The average molecular weight is 278 g/mol. The molecule has 1 unspecified atom stereocenters. The first kappa shape index (κ1) is 16.1. The number of carbonyl (C=O) groups is 2. The van der Waals surface area contributed by atoms with Crippen LogP contribution in [0.5, 0.6) is 0 Å². The number of carboxylic acid groups (broad SMARTS) is 1. The Kier molecular flexibility index (Phi) is 5.25. The molecule has 0 aliphatic carbocycles. The monoisotopic (exact) mass is 278 g/mol. The van der Waals surface area contributed by atoms with Crippen molar-refractivity contribution in [2.24, 2.45) is 5.92 Å². The molecule has 2 N–H and O–H groups in total. The molecule has 5 heteroatoms. The Morgan fingerprint density at radius 3 is 2.45 bits per heavy atom. The van der Waals surface area contributed by atoms with Crippen LogP contribution in [0.15, 0.2) is 18.3 Å². The normalized spacial score (nSPS) is 12.8. The molecule has 1 amide bonds. The Morgan fingerprint density at radius 2 is 2.00 bits per heavy atom. The lowest BCUT2D eigenvalue weighted by Gasteiger charge is -2.18. The molecule has 1 rings (SSSR count). The summed E-state index contributed by atoms with van der Waals surface area (Å²) in [6.07, 6.45) is 1.74. The maximum atomic E-state index is 11.9. The highest BCUT2D eigenvalue weighted by molar-refractivity contribution is 5.92. The lowest BCUT2D eigenvalue weighted by molar-refractivity contribution is -0.137. The van der Waals surface area contributed by atoms with Gasteiger partial charge in [-0.2, -0.15) is 0 Å². The number of amides is 1. The van der Waals surface area contributed by atoms with Gasteiger partial charge in [0.25, 0.3) is 5.91 Å². The van der Waals surface area contributed by atoms with Crippen LogP contribution in [0, 0.1) is 5.92 Å². The van der Waals surface area contributed by atoms with Gasteiger partial charge in [0.15, 0.2) is 0 Å². The number of aromatic nitrogens is 1. The smallest absolute Gasteiger partial charge is 0.303 e. The molecule has 0 saturated heterocycles. The Balaban J connectivity index is 2.58. The second-order valence-electron chi connectivity index (χ2n) is 6.10. The molecule has 0 aliphatic rings. The van der Waals surface area contributed by atoms with E-state index in [0.717, 1.165) is 5.56 Å². The van der Waals surface area contributed by atoms with Gasteiger partial charge in [-0.25, -0.2) is 0 Å². The predicted octanol–water partition coefficient (Wildman–Crippen LogP) is 2.22. The molecule has 0 aliphatic heterocycles. The highest BCUT2D eigenvalue weighted by atomic mass is 16.4. The van der Waals surface area contributed by atoms with E-state index in [4.69, 9.17) is 5.11 Å². The number of nitrogens with one attached hydrogen (secondary N) is 1. The first-order valence-corrected chi connectivity index (χ1v) is 6.66. The Hall–Kier alpha value is -1.91. The van der Waals surface area contributed by atoms with Gasteiger partial charge in [0.05, 0.1) is 0 Å². The molecule has 1 aromatic heterocycles. The third kappa shape index (κ3) is 4.99. The number of rotatable bonds is 5. The van der Waals surface area contributed by atoms with E-state index in [2.05, 4.69) is 31.1 Å². The lowest BCUT2D eigenvalue weighted by atomic mass is 9.88. The van der Waals surface area contributed by atoms with Crippen LogP contribution in [0.3, 0.4) is 0 Å². The summed E-state index contributed by atoms with van der Waals surface area (Å²) in [6.45, 7) is 8.35. The van der Waals surface area contributed by atoms with Gasteiger partial charge < -0.3 is 10.4 Å². The maximum Gasteiger partial charge on any atom is 0.303 e. The molecule has 0 radical (unpaired) electrons. The Bertz CT molecular complexity index is 475. The third-order valence-electron chi connectivity index (χ3n) is 3.00. The van der Waals surface area contributed by atoms with Crippen molar-refractivity contribution < 1.29 is 14.7 Å². The van der Waals surface area contributed by atoms with Gasteiger partial charge in [0.1, 0.15) is 5.69 Å². The number of carboxylic acids is 1. The summed E-state index contributed by atoms with van der Waals surface area (Å²) in [5.41, 5.74) is 1.41. The van der Waals surface area contributed by atoms with E-state index >= 15 is 0 Å². The molecule has 0 saturated carbocycles. The fourth-order valence-electron chi connectivity index (χ4n) is 1.70. The fourth-order valence-corrected chi connectivity index (χ4v) is 1.70. The van der Waals surface area contributed by atoms with Gasteiger partial charge in [-0.15, -0.1) is 0 Å². The van der Waals surface area contributed by atoms with E-state index in [1.807, 2.05) is 6.07 Å². The van der Waals surface area contributed by atoms with Crippen molar-refractivity contribution >= 4 is 11.9 Å². The summed E-state index contributed by atoms with van der Waals surface area (Å²) < 4.78 is 0. The first-order chi connectivity index (χ1) is 9.20. The number of carbonyl (C=O) groups excluding carboxylic acids is 1. The Labute approximate surface area is 119 Å². The van der Waals surface area contributed by atoms with Crippen LogP contribution < -0.4 is 5.32 Å². The largest absolute Gasteiger partial charge is 0.481 e. The summed E-state index contributed by atoms with van der Waals surface area (Å²) in [5, 5.41) is 11.3. The molecule has 1 atom stereocenters. The third-order valence-corrected chi connectivity index (χ3v) is 3.00. The predicted molar refractivity (Wildman–Crippen MR) is 76.7 cm³/mol.